The van der Waals surface area contributed by atoms with Gasteiger partial charge in [0.05, 0.1) is 6.26 Å². The standard InChI is InChI=1S/C14H22N2O2S/c1-14(2,16-19(3,17)18)10-15-13-8-11-6-4-5-7-12(11)9-13/h4-7,13,15-16H,8-10H2,1-3H3. The van der Waals surface area contributed by atoms with Crippen LogP contribution < -0.4 is 10.0 Å². The molecular weight excluding hydrogens is 260 g/mol. The van der Waals surface area contributed by atoms with Gasteiger partial charge in [-0.1, -0.05) is 24.3 Å². The van der Waals surface area contributed by atoms with E-state index in [2.05, 4.69) is 34.3 Å². The number of benzene rings is 1. The minimum absolute atomic E-state index is 0.401. The zero-order valence-corrected chi connectivity index (χ0v) is 12.5. The molecule has 2 N–H and O–H groups in total. The molecule has 19 heavy (non-hydrogen) atoms. The second-order valence-electron chi connectivity index (χ2n) is 6.01. The maximum Gasteiger partial charge on any atom is 0.209 e. The smallest absolute Gasteiger partial charge is 0.209 e. The lowest BCUT2D eigenvalue weighted by Crippen LogP contribution is -2.51. The fourth-order valence-corrected chi connectivity index (χ4v) is 3.72. The third-order valence-electron chi connectivity index (χ3n) is 3.35. The van der Waals surface area contributed by atoms with Crippen molar-refractivity contribution in [3.05, 3.63) is 35.4 Å². The second kappa shape index (κ2) is 5.23. The molecule has 1 aromatic rings. The van der Waals surface area contributed by atoms with Crippen LogP contribution in [0, 0.1) is 0 Å². The van der Waals surface area contributed by atoms with Crippen molar-refractivity contribution in [2.45, 2.75) is 38.3 Å². The quantitative estimate of drug-likeness (QED) is 0.849. The van der Waals surface area contributed by atoms with Crippen molar-refractivity contribution in [2.75, 3.05) is 12.8 Å². The molecule has 0 amide bonds. The Morgan fingerprint density at radius 2 is 1.74 bits per heavy atom. The van der Waals surface area contributed by atoms with Crippen LogP contribution in [0.3, 0.4) is 0 Å². The fourth-order valence-electron chi connectivity index (χ4n) is 2.64. The van der Waals surface area contributed by atoms with Crippen LogP contribution in [-0.2, 0) is 22.9 Å². The van der Waals surface area contributed by atoms with Gasteiger partial charge in [-0.3, -0.25) is 0 Å². The van der Waals surface area contributed by atoms with Crippen LogP contribution in [0.2, 0.25) is 0 Å². The summed E-state index contributed by atoms with van der Waals surface area (Å²) in [6.45, 7) is 4.41. The predicted octanol–water partition coefficient (Wildman–Crippen LogP) is 1.07. The highest BCUT2D eigenvalue weighted by Crippen LogP contribution is 2.21. The first-order chi connectivity index (χ1) is 8.75. The molecule has 0 atom stereocenters. The minimum atomic E-state index is -3.17. The van der Waals surface area contributed by atoms with Crippen molar-refractivity contribution >= 4 is 10.0 Å². The summed E-state index contributed by atoms with van der Waals surface area (Å²) in [6, 6.07) is 8.86. The van der Waals surface area contributed by atoms with Gasteiger partial charge in [-0.15, -0.1) is 0 Å². The Bertz CT molecular complexity index is 527. The van der Waals surface area contributed by atoms with Crippen molar-refractivity contribution in [1.82, 2.24) is 10.0 Å². The van der Waals surface area contributed by atoms with Crippen LogP contribution in [0.1, 0.15) is 25.0 Å². The van der Waals surface area contributed by atoms with E-state index in [1.54, 1.807) is 0 Å². The van der Waals surface area contributed by atoms with Crippen LogP contribution in [0.25, 0.3) is 0 Å². The first kappa shape index (κ1) is 14.5. The van der Waals surface area contributed by atoms with E-state index in [9.17, 15) is 8.42 Å². The Morgan fingerprint density at radius 1 is 1.21 bits per heavy atom. The molecule has 0 unspecified atom stereocenters. The first-order valence-corrected chi connectivity index (χ1v) is 8.43. The molecule has 0 aromatic heterocycles. The number of hydrogen-bond donors (Lipinski definition) is 2. The van der Waals surface area contributed by atoms with Gasteiger partial charge < -0.3 is 5.32 Å². The molecule has 0 saturated heterocycles. The van der Waals surface area contributed by atoms with Gasteiger partial charge >= 0.3 is 0 Å². The molecule has 1 aromatic carbocycles. The van der Waals surface area contributed by atoms with Crippen LogP contribution in [0.5, 0.6) is 0 Å². The van der Waals surface area contributed by atoms with Crippen LogP contribution >= 0.6 is 0 Å². The predicted molar refractivity (Wildman–Crippen MR) is 77.7 cm³/mol. The van der Waals surface area contributed by atoms with E-state index in [4.69, 9.17) is 0 Å². The number of hydrogen-bond acceptors (Lipinski definition) is 3. The van der Waals surface area contributed by atoms with Crippen molar-refractivity contribution in [2.24, 2.45) is 0 Å². The summed E-state index contributed by atoms with van der Waals surface area (Å²) < 4.78 is 25.2. The summed E-state index contributed by atoms with van der Waals surface area (Å²) in [7, 11) is -3.17. The summed E-state index contributed by atoms with van der Waals surface area (Å²) in [4.78, 5) is 0. The average molecular weight is 282 g/mol. The molecule has 0 fully saturated rings. The first-order valence-electron chi connectivity index (χ1n) is 6.54. The SMILES string of the molecule is CC(C)(CNC1Cc2ccccc2C1)NS(C)(=O)=O. The van der Waals surface area contributed by atoms with E-state index in [0.717, 1.165) is 12.8 Å². The maximum absolute atomic E-state index is 11.3. The molecule has 106 valence electrons. The van der Waals surface area contributed by atoms with Crippen molar-refractivity contribution < 1.29 is 8.42 Å². The Labute approximate surface area is 115 Å². The maximum atomic E-state index is 11.3. The molecule has 5 heteroatoms. The molecule has 0 radical (unpaired) electrons. The molecule has 0 saturated carbocycles. The summed E-state index contributed by atoms with van der Waals surface area (Å²) in [5, 5.41) is 3.46. The lowest BCUT2D eigenvalue weighted by molar-refractivity contribution is 0.391. The van der Waals surface area contributed by atoms with E-state index < -0.39 is 15.6 Å². The lowest BCUT2D eigenvalue weighted by Gasteiger charge is -2.27. The van der Waals surface area contributed by atoms with Gasteiger partial charge in [-0.25, -0.2) is 13.1 Å². The molecule has 1 aliphatic carbocycles. The topological polar surface area (TPSA) is 58.2 Å². The third-order valence-corrected chi connectivity index (χ3v) is 4.27. The van der Waals surface area contributed by atoms with Crippen LogP contribution in [0.4, 0.5) is 0 Å². The second-order valence-corrected chi connectivity index (χ2v) is 7.76. The minimum Gasteiger partial charge on any atom is -0.311 e. The Morgan fingerprint density at radius 3 is 2.21 bits per heavy atom. The fraction of sp³-hybridized carbons (Fsp3) is 0.571. The molecule has 2 rings (SSSR count). The van der Waals surface area contributed by atoms with Crippen molar-refractivity contribution in [3.8, 4) is 0 Å². The van der Waals surface area contributed by atoms with Crippen LogP contribution in [-0.4, -0.2) is 32.8 Å². The zero-order valence-electron chi connectivity index (χ0n) is 11.7. The number of nitrogens with one attached hydrogen (secondary N) is 2. The third kappa shape index (κ3) is 4.30. The molecule has 1 aliphatic rings. The van der Waals surface area contributed by atoms with E-state index in [-0.39, 0.29) is 0 Å². The Balaban J connectivity index is 1.88. The Hall–Kier alpha value is -0.910. The number of fused-ring (bicyclic) bond motifs is 1. The highest BCUT2D eigenvalue weighted by Gasteiger charge is 2.26. The summed E-state index contributed by atoms with van der Waals surface area (Å²) in [5.41, 5.74) is 2.32. The highest BCUT2D eigenvalue weighted by atomic mass is 32.2. The van der Waals surface area contributed by atoms with Gasteiger partial charge in [0.25, 0.3) is 0 Å². The summed E-state index contributed by atoms with van der Waals surface area (Å²) >= 11 is 0. The normalized spacial score (nSPS) is 16.6. The molecule has 4 nitrogen and oxygen atoms in total. The van der Waals surface area contributed by atoms with Gasteiger partial charge in [0.1, 0.15) is 0 Å². The molecule has 0 aliphatic heterocycles. The summed E-state index contributed by atoms with van der Waals surface area (Å²) in [6.07, 6.45) is 3.23. The van der Waals surface area contributed by atoms with E-state index >= 15 is 0 Å². The van der Waals surface area contributed by atoms with Gasteiger partial charge in [-0.2, -0.15) is 0 Å². The lowest BCUT2D eigenvalue weighted by atomic mass is 10.1. The highest BCUT2D eigenvalue weighted by molar-refractivity contribution is 7.88. The van der Waals surface area contributed by atoms with E-state index in [0.29, 0.717) is 12.6 Å². The van der Waals surface area contributed by atoms with Gasteiger partial charge in [0, 0.05) is 18.1 Å². The summed E-state index contributed by atoms with van der Waals surface area (Å²) in [5.74, 6) is 0. The molecule has 0 bridgehead atoms. The molecule has 0 spiro atoms. The number of rotatable bonds is 5. The van der Waals surface area contributed by atoms with Gasteiger partial charge in [0.15, 0.2) is 0 Å². The monoisotopic (exact) mass is 282 g/mol. The van der Waals surface area contributed by atoms with Crippen molar-refractivity contribution in [3.63, 3.8) is 0 Å². The zero-order chi connectivity index (χ0) is 14.1. The molecular formula is C14H22N2O2S. The largest absolute Gasteiger partial charge is 0.311 e. The number of sulfonamides is 1. The molecule has 0 heterocycles. The Kier molecular flexibility index (Phi) is 3.99. The average Bonchev–Trinajstić information content (AvgIpc) is 2.66. The van der Waals surface area contributed by atoms with Crippen LogP contribution in [0.15, 0.2) is 24.3 Å². The van der Waals surface area contributed by atoms with Crippen molar-refractivity contribution in [1.29, 1.82) is 0 Å². The van der Waals surface area contributed by atoms with Gasteiger partial charge in [-0.05, 0) is 37.8 Å². The van der Waals surface area contributed by atoms with Gasteiger partial charge in [0.2, 0.25) is 10.0 Å². The van der Waals surface area contributed by atoms with E-state index in [1.807, 2.05) is 13.8 Å². The van der Waals surface area contributed by atoms with E-state index in [1.165, 1.54) is 17.4 Å².